The third kappa shape index (κ3) is 6.96. The molecule has 4 aromatic rings. The molecular weight excluding hydrogens is 529 g/mol. The summed E-state index contributed by atoms with van der Waals surface area (Å²) in [6.07, 6.45) is -0.150. The van der Waals surface area contributed by atoms with Gasteiger partial charge in [0.15, 0.2) is 0 Å². The molecule has 9 nitrogen and oxygen atoms in total. The molecule has 0 saturated carbocycles. The van der Waals surface area contributed by atoms with Crippen molar-refractivity contribution in [2.75, 3.05) is 25.6 Å². The summed E-state index contributed by atoms with van der Waals surface area (Å²) >= 11 is 0. The largest absolute Gasteiger partial charge is 0.493 e. The molecule has 10 heteroatoms. The fourth-order valence-corrected chi connectivity index (χ4v) is 4.52. The SMILES string of the molecule is COCCOc1ccc(-c2[nH]c(=O)n([C@H](C(=O)Nc3ccc(OC(C)C)cc3F)[C@@H](C)c3ccccc3)c2O)cc1. The van der Waals surface area contributed by atoms with E-state index in [1.54, 1.807) is 44.4 Å². The van der Waals surface area contributed by atoms with E-state index in [0.717, 1.165) is 10.1 Å². The van der Waals surface area contributed by atoms with Gasteiger partial charge in [0.05, 0.1) is 18.4 Å². The van der Waals surface area contributed by atoms with Crippen molar-refractivity contribution in [2.45, 2.75) is 38.8 Å². The number of methoxy groups -OCH3 is 1. The van der Waals surface area contributed by atoms with Crippen molar-refractivity contribution in [3.05, 3.63) is 94.7 Å². The smallest absolute Gasteiger partial charge is 0.329 e. The molecule has 4 rings (SSSR count). The number of halogens is 1. The van der Waals surface area contributed by atoms with Gasteiger partial charge in [-0.1, -0.05) is 37.3 Å². The number of carbonyl (C=O) groups is 1. The Labute approximate surface area is 237 Å². The molecule has 41 heavy (non-hydrogen) atoms. The molecule has 1 aromatic heterocycles. The van der Waals surface area contributed by atoms with Crippen molar-refractivity contribution in [1.82, 2.24) is 9.55 Å². The predicted octanol–water partition coefficient (Wildman–Crippen LogP) is 5.48. The van der Waals surface area contributed by atoms with Crippen molar-refractivity contribution in [1.29, 1.82) is 0 Å². The highest BCUT2D eigenvalue weighted by Crippen LogP contribution is 2.36. The molecule has 2 atom stereocenters. The third-order valence-electron chi connectivity index (χ3n) is 6.52. The van der Waals surface area contributed by atoms with Gasteiger partial charge in [-0.15, -0.1) is 0 Å². The van der Waals surface area contributed by atoms with Crippen LogP contribution in [0.2, 0.25) is 0 Å². The number of anilines is 1. The Morgan fingerprint density at radius 3 is 2.32 bits per heavy atom. The van der Waals surface area contributed by atoms with E-state index >= 15 is 0 Å². The summed E-state index contributed by atoms with van der Waals surface area (Å²) in [7, 11) is 1.58. The highest BCUT2D eigenvalue weighted by molar-refractivity contribution is 5.95. The zero-order valence-corrected chi connectivity index (χ0v) is 23.4. The fourth-order valence-electron chi connectivity index (χ4n) is 4.52. The first-order valence-electron chi connectivity index (χ1n) is 13.3. The van der Waals surface area contributed by atoms with Crippen molar-refractivity contribution in [3.63, 3.8) is 0 Å². The Morgan fingerprint density at radius 2 is 1.68 bits per heavy atom. The van der Waals surface area contributed by atoms with Gasteiger partial charge in [0.1, 0.15) is 35.7 Å². The number of nitrogens with one attached hydrogen (secondary N) is 2. The monoisotopic (exact) mass is 563 g/mol. The van der Waals surface area contributed by atoms with Crippen LogP contribution in [0.15, 0.2) is 77.6 Å². The number of imidazole rings is 1. The van der Waals surface area contributed by atoms with Gasteiger partial charge in [-0.05, 0) is 55.8 Å². The zero-order chi connectivity index (χ0) is 29.5. The quantitative estimate of drug-likeness (QED) is 0.197. The first-order valence-corrected chi connectivity index (χ1v) is 13.3. The molecule has 0 saturated heterocycles. The summed E-state index contributed by atoms with van der Waals surface area (Å²) in [5.41, 5.74) is 0.625. The van der Waals surface area contributed by atoms with Crippen LogP contribution >= 0.6 is 0 Å². The van der Waals surface area contributed by atoms with Crippen molar-refractivity contribution in [2.24, 2.45) is 0 Å². The summed E-state index contributed by atoms with van der Waals surface area (Å²) in [6, 6.07) is 18.8. The molecule has 0 aliphatic rings. The number of aromatic hydroxyl groups is 1. The Balaban J connectivity index is 1.69. The van der Waals surface area contributed by atoms with Crippen LogP contribution in [-0.4, -0.2) is 47.0 Å². The summed E-state index contributed by atoms with van der Waals surface area (Å²) in [6.45, 7) is 6.21. The standard InChI is InChI=1S/C31H34FN3O6/c1-19(2)41-24-14-15-26(25(32)18-24)33-29(36)28(20(3)21-8-6-5-7-9-21)35-30(37)27(34-31(35)38)22-10-12-23(13-11-22)40-17-16-39-4/h5-15,18-20,28,37H,16-17H2,1-4H3,(H,33,36)(H,34,38)/t20-,28-/m0/s1. The minimum absolute atomic E-state index is 0.0799. The van der Waals surface area contributed by atoms with E-state index in [0.29, 0.717) is 30.3 Å². The number of H-pyrrole nitrogens is 1. The van der Waals surface area contributed by atoms with Crippen molar-refractivity contribution in [3.8, 4) is 28.6 Å². The van der Waals surface area contributed by atoms with E-state index in [9.17, 15) is 19.1 Å². The molecule has 3 aromatic carbocycles. The maximum Gasteiger partial charge on any atom is 0.329 e. The number of hydrogen-bond donors (Lipinski definition) is 3. The number of amides is 1. The first-order chi connectivity index (χ1) is 19.7. The fraction of sp³-hybridized carbons (Fsp3) is 0.290. The lowest BCUT2D eigenvalue weighted by Crippen LogP contribution is -2.35. The minimum Gasteiger partial charge on any atom is -0.493 e. The number of rotatable bonds is 12. The topological polar surface area (TPSA) is 115 Å². The van der Waals surface area contributed by atoms with Crippen LogP contribution in [0, 0.1) is 5.82 Å². The Morgan fingerprint density at radius 1 is 1.00 bits per heavy atom. The molecule has 0 aliphatic carbocycles. The number of benzene rings is 3. The lowest BCUT2D eigenvalue weighted by molar-refractivity contribution is -0.120. The van der Waals surface area contributed by atoms with Gasteiger partial charge in [0.2, 0.25) is 11.8 Å². The number of aromatic nitrogens is 2. The number of nitrogens with zero attached hydrogens (tertiary/aromatic N) is 1. The van der Waals surface area contributed by atoms with E-state index in [4.69, 9.17) is 14.2 Å². The third-order valence-corrected chi connectivity index (χ3v) is 6.52. The van der Waals surface area contributed by atoms with Crippen LogP contribution < -0.4 is 20.5 Å². The van der Waals surface area contributed by atoms with Gasteiger partial charge in [-0.25, -0.2) is 13.8 Å². The summed E-state index contributed by atoms with van der Waals surface area (Å²) < 4.78 is 32.0. The molecule has 216 valence electrons. The van der Waals surface area contributed by atoms with Gasteiger partial charge >= 0.3 is 5.69 Å². The number of ether oxygens (including phenoxy) is 3. The van der Waals surface area contributed by atoms with Gasteiger partial charge in [-0.3, -0.25) is 4.79 Å². The van der Waals surface area contributed by atoms with Gasteiger partial charge in [0, 0.05) is 24.7 Å². The molecule has 0 bridgehead atoms. The predicted molar refractivity (Wildman–Crippen MR) is 154 cm³/mol. The molecule has 1 amide bonds. The molecule has 1 heterocycles. The molecule has 0 radical (unpaired) electrons. The highest BCUT2D eigenvalue weighted by atomic mass is 19.1. The van der Waals surface area contributed by atoms with Gasteiger partial charge < -0.3 is 29.6 Å². The Bertz CT molecular complexity index is 1520. The van der Waals surface area contributed by atoms with E-state index in [2.05, 4.69) is 10.3 Å². The lowest BCUT2D eigenvalue weighted by atomic mass is 9.92. The van der Waals surface area contributed by atoms with Gasteiger partial charge in [-0.2, -0.15) is 0 Å². The first kappa shape index (κ1) is 29.4. The second-order valence-electron chi connectivity index (χ2n) is 9.81. The van der Waals surface area contributed by atoms with Crippen LogP contribution in [0.4, 0.5) is 10.1 Å². The second-order valence-corrected chi connectivity index (χ2v) is 9.81. The van der Waals surface area contributed by atoms with Crippen LogP contribution in [0.25, 0.3) is 11.3 Å². The molecule has 3 N–H and O–H groups in total. The van der Waals surface area contributed by atoms with Crippen LogP contribution in [0.3, 0.4) is 0 Å². The maximum atomic E-state index is 14.9. The molecule has 0 spiro atoms. The Kier molecular flexibility index (Phi) is 9.46. The molecule has 0 unspecified atom stereocenters. The highest BCUT2D eigenvalue weighted by Gasteiger charge is 2.33. The second kappa shape index (κ2) is 13.2. The van der Waals surface area contributed by atoms with Crippen LogP contribution in [-0.2, 0) is 9.53 Å². The van der Waals surface area contributed by atoms with E-state index in [1.807, 2.05) is 44.2 Å². The van der Waals surface area contributed by atoms with Crippen LogP contribution in [0.5, 0.6) is 17.4 Å². The summed E-state index contributed by atoms with van der Waals surface area (Å²) in [5.74, 6) is -1.46. The summed E-state index contributed by atoms with van der Waals surface area (Å²) in [4.78, 5) is 29.7. The van der Waals surface area contributed by atoms with E-state index in [-0.39, 0.29) is 17.5 Å². The normalized spacial score (nSPS) is 12.6. The minimum atomic E-state index is -1.22. The van der Waals surface area contributed by atoms with E-state index < -0.39 is 35.3 Å². The average molecular weight is 564 g/mol. The summed E-state index contributed by atoms with van der Waals surface area (Å²) in [5, 5.41) is 13.9. The maximum absolute atomic E-state index is 14.9. The molecular formula is C31H34FN3O6. The lowest BCUT2D eigenvalue weighted by Gasteiger charge is -2.25. The van der Waals surface area contributed by atoms with Crippen molar-refractivity contribution < 1.29 is 28.5 Å². The molecule has 0 aliphatic heterocycles. The number of aromatic amines is 1. The number of carbonyl (C=O) groups excluding carboxylic acids is 1. The zero-order valence-electron chi connectivity index (χ0n) is 23.4. The average Bonchev–Trinajstić information content (AvgIpc) is 3.24. The number of hydrogen-bond acceptors (Lipinski definition) is 6. The van der Waals surface area contributed by atoms with E-state index in [1.165, 1.54) is 12.1 Å². The van der Waals surface area contributed by atoms with Gasteiger partial charge in [0.25, 0.3) is 0 Å². The van der Waals surface area contributed by atoms with Crippen molar-refractivity contribution >= 4 is 11.6 Å². The van der Waals surface area contributed by atoms with Crippen LogP contribution in [0.1, 0.15) is 38.3 Å². The molecule has 0 fully saturated rings. The Hall–Kier alpha value is -4.57.